The van der Waals surface area contributed by atoms with E-state index in [0.29, 0.717) is 22.6 Å². The molecule has 7 aromatic rings. The number of hydrogen-bond acceptors (Lipinski definition) is 5. The molecule has 51 heavy (non-hydrogen) atoms. The van der Waals surface area contributed by atoms with Crippen molar-refractivity contribution in [1.29, 1.82) is 0 Å². The topological polar surface area (TPSA) is 76.7 Å². The second-order valence-electron chi connectivity index (χ2n) is 16.3. The molecule has 0 spiro atoms. The van der Waals surface area contributed by atoms with Crippen LogP contribution in [0.15, 0.2) is 97.6 Å². The van der Waals surface area contributed by atoms with E-state index in [-0.39, 0.29) is 43.1 Å². The predicted molar refractivity (Wildman–Crippen MR) is 205 cm³/mol. The van der Waals surface area contributed by atoms with E-state index in [0.717, 1.165) is 38.8 Å². The molecule has 0 saturated heterocycles. The molecule has 0 bridgehead atoms. The zero-order valence-corrected chi connectivity index (χ0v) is 33.0. The average Bonchev–Trinajstić information content (AvgIpc) is 3.47. The van der Waals surface area contributed by atoms with Gasteiger partial charge in [0.2, 0.25) is 0 Å². The number of phenolic OH excluding ortho intramolecular Hbond substituents is 1. The van der Waals surface area contributed by atoms with E-state index in [9.17, 15) is 5.11 Å². The smallest absolute Gasteiger partial charge is 0.123 e. The van der Waals surface area contributed by atoms with E-state index in [1.54, 1.807) is 12.3 Å². The first-order valence-corrected chi connectivity index (χ1v) is 17.2. The summed E-state index contributed by atoms with van der Waals surface area (Å²) in [4.78, 5) is 19.7. The van der Waals surface area contributed by atoms with Gasteiger partial charge in [-0.15, -0.1) is 17.7 Å². The van der Waals surface area contributed by atoms with Gasteiger partial charge in [-0.2, -0.15) is 0 Å². The molecule has 0 aliphatic heterocycles. The summed E-state index contributed by atoms with van der Waals surface area (Å²) in [6, 6.07) is 28.3. The van der Waals surface area contributed by atoms with E-state index >= 15 is 0 Å². The predicted octanol–water partition coefficient (Wildman–Crippen LogP) is 10.8. The Kier molecular flexibility index (Phi) is 9.31. The van der Waals surface area contributed by atoms with Gasteiger partial charge in [-0.05, 0) is 63.2 Å². The van der Waals surface area contributed by atoms with Crippen molar-refractivity contribution in [3.05, 3.63) is 120 Å². The molecular formula is C44H44N5OPt-. The van der Waals surface area contributed by atoms with E-state index in [1.807, 2.05) is 42.9 Å². The molecule has 0 aliphatic carbocycles. The van der Waals surface area contributed by atoms with E-state index in [1.165, 1.54) is 16.7 Å². The van der Waals surface area contributed by atoms with Crippen LogP contribution >= 0.6 is 0 Å². The summed E-state index contributed by atoms with van der Waals surface area (Å²) in [5.74, 6) is 0.807. The van der Waals surface area contributed by atoms with Gasteiger partial charge in [-0.25, -0.2) is 0 Å². The summed E-state index contributed by atoms with van der Waals surface area (Å²) in [5.41, 5.74) is 10.9. The van der Waals surface area contributed by atoms with Crippen LogP contribution in [0.5, 0.6) is 5.75 Å². The Morgan fingerprint density at radius 3 is 2.00 bits per heavy atom. The number of hydrogen-bond donors (Lipinski definition) is 1. The third kappa shape index (κ3) is 6.74. The fraction of sp³-hybridized carbons (Fsp3) is 0.273. The molecule has 3 aromatic carbocycles. The first kappa shape index (κ1) is 36.1. The molecule has 0 amide bonds. The number of aromatic nitrogens is 5. The Labute approximate surface area is 315 Å². The minimum atomic E-state index is -0.0800. The maximum absolute atomic E-state index is 10.9. The van der Waals surface area contributed by atoms with Gasteiger partial charge in [-0.3, -0.25) is 19.9 Å². The van der Waals surface area contributed by atoms with Crippen molar-refractivity contribution in [1.82, 2.24) is 24.5 Å². The van der Waals surface area contributed by atoms with Crippen LogP contribution in [-0.2, 0) is 37.3 Å². The average molecular weight is 854 g/mol. The normalized spacial score (nSPS) is 12.3. The Bertz CT molecular complexity index is 2390. The SMILES string of the molecule is CC(C)(C)c1ccc(-n2c(-c3[c-]c(-c4cc(C(C)(C)C)cc5c(C(C)(C)C)ccnc45)ccn3)nc3c(-c4ccccc4O)cncc32)cc1.[Pt]. The molecule has 0 radical (unpaired) electrons. The number of phenols is 1. The van der Waals surface area contributed by atoms with Gasteiger partial charge in [0.25, 0.3) is 0 Å². The number of fused-ring (bicyclic) bond motifs is 2. The van der Waals surface area contributed by atoms with Gasteiger partial charge in [0.05, 0.1) is 23.1 Å². The maximum atomic E-state index is 10.9. The summed E-state index contributed by atoms with van der Waals surface area (Å²) in [6.45, 7) is 20.1. The third-order valence-corrected chi connectivity index (χ3v) is 9.47. The van der Waals surface area contributed by atoms with Crippen LogP contribution < -0.4 is 0 Å². The fourth-order valence-corrected chi connectivity index (χ4v) is 6.63. The molecule has 0 aliphatic rings. The van der Waals surface area contributed by atoms with Gasteiger partial charge < -0.3 is 9.67 Å². The van der Waals surface area contributed by atoms with Crippen LogP contribution in [0.25, 0.3) is 61.4 Å². The number of imidazole rings is 1. The van der Waals surface area contributed by atoms with Crippen LogP contribution in [0.1, 0.15) is 79.0 Å². The van der Waals surface area contributed by atoms with Crippen molar-refractivity contribution in [2.45, 2.75) is 78.6 Å². The minimum absolute atomic E-state index is 0. The van der Waals surface area contributed by atoms with Gasteiger partial charge in [-0.1, -0.05) is 116 Å². The summed E-state index contributed by atoms with van der Waals surface area (Å²) in [7, 11) is 0. The van der Waals surface area contributed by atoms with Gasteiger partial charge in [0.15, 0.2) is 0 Å². The summed E-state index contributed by atoms with van der Waals surface area (Å²) >= 11 is 0. The second-order valence-corrected chi connectivity index (χ2v) is 16.3. The van der Waals surface area contributed by atoms with Gasteiger partial charge in [0, 0.05) is 61.5 Å². The monoisotopic (exact) mass is 853 g/mol. The second kappa shape index (κ2) is 13.1. The molecule has 0 saturated carbocycles. The van der Waals surface area contributed by atoms with E-state index in [2.05, 4.69) is 120 Å². The van der Waals surface area contributed by atoms with Crippen LogP contribution in [0, 0.1) is 6.07 Å². The van der Waals surface area contributed by atoms with Crippen molar-refractivity contribution in [2.24, 2.45) is 0 Å². The molecule has 0 atom stereocenters. The van der Waals surface area contributed by atoms with Crippen LogP contribution in [0.4, 0.5) is 0 Å². The quantitative estimate of drug-likeness (QED) is 0.179. The number of para-hydroxylation sites is 1. The molecule has 4 heterocycles. The molecule has 7 heteroatoms. The van der Waals surface area contributed by atoms with Crippen molar-refractivity contribution in [3.8, 4) is 45.2 Å². The molecule has 6 nitrogen and oxygen atoms in total. The largest absolute Gasteiger partial charge is 0.507 e. The van der Waals surface area contributed by atoms with Crippen molar-refractivity contribution in [3.63, 3.8) is 0 Å². The first-order chi connectivity index (χ1) is 23.6. The van der Waals surface area contributed by atoms with Gasteiger partial charge in [0.1, 0.15) is 5.75 Å². The molecule has 4 aromatic heterocycles. The van der Waals surface area contributed by atoms with Crippen LogP contribution in [-0.4, -0.2) is 29.6 Å². The number of rotatable bonds is 4. The van der Waals surface area contributed by atoms with Crippen LogP contribution in [0.2, 0.25) is 0 Å². The zero-order chi connectivity index (χ0) is 35.6. The Hall–Kier alpha value is -4.67. The van der Waals surface area contributed by atoms with Gasteiger partial charge >= 0.3 is 0 Å². The number of pyridine rings is 3. The molecular weight excluding hydrogens is 810 g/mol. The van der Waals surface area contributed by atoms with Crippen molar-refractivity contribution < 1.29 is 26.2 Å². The van der Waals surface area contributed by atoms with Crippen molar-refractivity contribution in [2.75, 3.05) is 0 Å². The molecule has 1 N–H and O–H groups in total. The maximum Gasteiger partial charge on any atom is 0.123 e. The van der Waals surface area contributed by atoms with E-state index in [4.69, 9.17) is 15.0 Å². The third-order valence-electron chi connectivity index (χ3n) is 9.47. The molecule has 0 unspecified atom stereocenters. The first-order valence-electron chi connectivity index (χ1n) is 17.2. The summed E-state index contributed by atoms with van der Waals surface area (Å²) in [6.07, 6.45) is 7.34. The molecule has 262 valence electrons. The van der Waals surface area contributed by atoms with Crippen molar-refractivity contribution >= 4 is 21.9 Å². The summed E-state index contributed by atoms with van der Waals surface area (Å²) < 4.78 is 2.10. The fourth-order valence-electron chi connectivity index (χ4n) is 6.63. The Morgan fingerprint density at radius 2 is 1.33 bits per heavy atom. The number of benzene rings is 3. The number of nitrogens with zero attached hydrogens (tertiary/aromatic N) is 5. The summed E-state index contributed by atoms with van der Waals surface area (Å²) in [5, 5.41) is 12.0. The molecule has 0 fully saturated rings. The Balaban J connectivity index is 0.00000448. The standard InChI is InChI=1S/C44H44N5O.Pt/c1-42(2,3)28-14-16-30(17-15-28)49-37-26-45-25-34(31-12-10-11-13-38(31)50)40(37)48-41(49)36-22-27(18-20-46-36)32-23-29(43(4,5)6)24-33-35(44(7,8)9)19-21-47-39(32)33;/h10-21,23-26,50H,1-9H3;/q-1;. The van der Waals surface area contributed by atoms with E-state index < -0.39 is 0 Å². The minimum Gasteiger partial charge on any atom is -0.507 e. The Morgan fingerprint density at radius 1 is 0.647 bits per heavy atom. The van der Waals surface area contributed by atoms with Crippen LogP contribution in [0.3, 0.4) is 0 Å². The molecule has 7 rings (SSSR count). The zero-order valence-electron chi connectivity index (χ0n) is 30.7. The number of aromatic hydroxyl groups is 1.